The van der Waals surface area contributed by atoms with E-state index in [-0.39, 0.29) is 6.04 Å². The summed E-state index contributed by atoms with van der Waals surface area (Å²) in [5, 5.41) is 14.8. The summed E-state index contributed by atoms with van der Waals surface area (Å²) in [5.41, 5.74) is 2.92. The summed E-state index contributed by atoms with van der Waals surface area (Å²) in [4.78, 5) is 4.04. The van der Waals surface area contributed by atoms with E-state index in [0.29, 0.717) is 5.56 Å². The van der Waals surface area contributed by atoms with Crippen molar-refractivity contribution >= 4 is 16.5 Å². The molecule has 1 N–H and O–H groups in total. The maximum absolute atomic E-state index is 9.21. The Morgan fingerprint density at radius 1 is 1.00 bits per heavy atom. The van der Waals surface area contributed by atoms with E-state index >= 15 is 0 Å². The van der Waals surface area contributed by atoms with E-state index in [1.54, 1.807) is 12.4 Å². The second-order valence-corrected chi connectivity index (χ2v) is 4.96. The van der Waals surface area contributed by atoms with Crippen LogP contribution in [0.4, 0.5) is 5.69 Å². The van der Waals surface area contributed by atoms with Crippen LogP contribution >= 0.6 is 0 Å². The van der Waals surface area contributed by atoms with Crippen LogP contribution in [0.3, 0.4) is 0 Å². The van der Waals surface area contributed by atoms with Crippen molar-refractivity contribution in [1.82, 2.24) is 4.98 Å². The lowest BCUT2D eigenvalue weighted by atomic mass is 10.0. The smallest absolute Gasteiger partial charge is 0.0998 e. The first-order valence-electron chi connectivity index (χ1n) is 6.88. The molecule has 3 rings (SSSR count). The van der Waals surface area contributed by atoms with Crippen LogP contribution in [0.1, 0.15) is 24.1 Å². The highest BCUT2D eigenvalue weighted by Crippen LogP contribution is 2.29. The Balaban J connectivity index is 2.01. The number of rotatable bonds is 3. The molecule has 21 heavy (non-hydrogen) atoms. The molecule has 1 atom stereocenters. The number of anilines is 1. The van der Waals surface area contributed by atoms with Gasteiger partial charge in [0.05, 0.1) is 11.6 Å². The molecule has 0 aliphatic heterocycles. The summed E-state index contributed by atoms with van der Waals surface area (Å²) in [6.45, 7) is 2.11. The van der Waals surface area contributed by atoms with Gasteiger partial charge < -0.3 is 5.32 Å². The number of fused-ring (bicyclic) bond motifs is 1. The van der Waals surface area contributed by atoms with Gasteiger partial charge in [-0.05, 0) is 36.8 Å². The lowest BCUT2D eigenvalue weighted by Gasteiger charge is -2.17. The fourth-order valence-corrected chi connectivity index (χ4v) is 2.49. The van der Waals surface area contributed by atoms with E-state index in [9.17, 15) is 5.26 Å². The van der Waals surface area contributed by atoms with Gasteiger partial charge in [-0.25, -0.2) is 0 Å². The number of nitriles is 1. The quantitative estimate of drug-likeness (QED) is 0.774. The monoisotopic (exact) mass is 273 g/mol. The Morgan fingerprint density at radius 2 is 1.71 bits per heavy atom. The zero-order valence-corrected chi connectivity index (χ0v) is 11.7. The molecule has 102 valence electrons. The molecule has 0 aliphatic carbocycles. The minimum atomic E-state index is 0.171. The van der Waals surface area contributed by atoms with E-state index in [2.05, 4.69) is 23.3 Å². The van der Waals surface area contributed by atoms with Gasteiger partial charge in [0.2, 0.25) is 0 Å². The van der Waals surface area contributed by atoms with Crippen molar-refractivity contribution in [3.05, 3.63) is 72.1 Å². The summed E-state index contributed by atoms with van der Waals surface area (Å²) < 4.78 is 0. The first-order valence-corrected chi connectivity index (χ1v) is 6.88. The fraction of sp³-hybridized carbons (Fsp3) is 0.111. The number of aromatic nitrogens is 1. The van der Waals surface area contributed by atoms with E-state index in [4.69, 9.17) is 0 Å². The first-order chi connectivity index (χ1) is 10.3. The number of benzene rings is 2. The van der Waals surface area contributed by atoms with Crippen LogP contribution in [0, 0.1) is 11.3 Å². The molecule has 0 fully saturated rings. The largest absolute Gasteiger partial charge is 0.378 e. The van der Waals surface area contributed by atoms with E-state index in [1.807, 2.05) is 48.5 Å². The Kier molecular flexibility index (Phi) is 3.53. The molecule has 0 bridgehead atoms. The summed E-state index contributed by atoms with van der Waals surface area (Å²) in [7, 11) is 0. The van der Waals surface area contributed by atoms with Crippen LogP contribution in [0.15, 0.2) is 60.9 Å². The molecule has 1 aromatic heterocycles. The fourth-order valence-electron chi connectivity index (χ4n) is 2.49. The van der Waals surface area contributed by atoms with Crippen molar-refractivity contribution in [1.29, 1.82) is 5.26 Å². The predicted molar refractivity (Wildman–Crippen MR) is 84.9 cm³/mol. The second kappa shape index (κ2) is 5.64. The maximum Gasteiger partial charge on any atom is 0.0998 e. The SMILES string of the molecule is CC(Nc1ccc(C#N)c2ccccc12)c1ccncc1. The molecule has 0 spiro atoms. The van der Waals surface area contributed by atoms with Crippen molar-refractivity contribution in [2.24, 2.45) is 0 Å². The molecular weight excluding hydrogens is 258 g/mol. The van der Waals surface area contributed by atoms with E-state index in [1.165, 1.54) is 5.56 Å². The highest BCUT2D eigenvalue weighted by Gasteiger charge is 2.09. The third-order valence-electron chi connectivity index (χ3n) is 3.62. The van der Waals surface area contributed by atoms with Gasteiger partial charge in [0.15, 0.2) is 0 Å². The second-order valence-electron chi connectivity index (χ2n) is 4.96. The summed E-state index contributed by atoms with van der Waals surface area (Å²) >= 11 is 0. The van der Waals surface area contributed by atoms with Gasteiger partial charge in [0.1, 0.15) is 0 Å². The van der Waals surface area contributed by atoms with Crippen molar-refractivity contribution < 1.29 is 0 Å². The van der Waals surface area contributed by atoms with Gasteiger partial charge in [-0.15, -0.1) is 0 Å². The predicted octanol–water partition coefficient (Wildman–Crippen LogP) is 4.28. The molecule has 3 aromatic rings. The van der Waals surface area contributed by atoms with Gasteiger partial charge in [0, 0.05) is 34.9 Å². The third-order valence-corrected chi connectivity index (χ3v) is 3.62. The number of hydrogen-bond donors (Lipinski definition) is 1. The lowest BCUT2D eigenvalue weighted by Crippen LogP contribution is -2.07. The Hall–Kier alpha value is -2.86. The van der Waals surface area contributed by atoms with Crippen LogP contribution in [0.2, 0.25) is 0 Å². The molecular formula is C18H15N3. The lowest BCUT2D eigenvalue weighted by molar-refractivity contribution is 0.883. The zero-order valence-electron chi connectivity index (χ0n) is 11.7. The van der Waals surface area contributed by atoms with Gasteiger partial charge >= 0.3 is 0 Å². The molecule has 0 aliphatic rings. The molecule has 0 amide bonds. The molecule has 3 nitrogen and oxygen atoms in total. The molecule has 2 aromatic carbocycles. The number of nitrogens with one attached hydrogen (secondary N) is 1. The summed E-state index contributed by atoms with van der Waals surface area (Å²) in [6, 6.07) is 18.2. The molecule has 1 unspecified atom stereocenters. The Labute approximate surface area is 123 Å². The van der Waals surface area contributed by atoms with Crippen LogP contribution in [-0.2, 0) is 0 Å². The first kappa shape index (κ1) is 13.1. The standard InChI is InChI=1S/C18H15N3/c1-13(14-8-10-20-11-9-14)21-18-7-6-15(12-19)16-4-2-3-5-17(16)18/h2-11,13,21H,1H3. The highest BCUT2D eigenvalue weighted by molar-refractivity contribution is 5.97. The Bertz CT molecular complexity index is 804. The number of pyridine rings is 1. The normalized spacial score (nSPS) is 11.8. The van der Waals surface area contributed by atoms with E-state index < -0.39 is 0 Å². The Morgan fingerprint density at radius 3 is 2.43 bits per heavy atom. The third kappa shape index (κ3) is 2.56. The van der Waals surface area contributed by atoms with E-state index in [0.717, 1.165) is 16.5 Å². The van der Waals surface area contributed by atoms with Gasteiger partial charge in [-0.3, -0.25) is 4.98 Å². The van der Waals surface area contributed by atoms with Gasteiger partial charge in [-0.2, -0.15) is 5.26 Å². The summed E-state index contributed by atoms with van der Waals surface area (Å²) in [6.07, 6.45) is 3.59. The van der Waals surface area contributed by atoms with Crippen molar-refractivity contribution in [3.63, 3.8) is 0 Å². The topological polar surface area (TPSA) is 48.7 Å². The molecule has 0 radical (unpaired) electrons. The van der Waals surface area contributed by atoms with Crippen LogP contribution in [0.25, 0.3) is 10.8 Å². The minimum absolute atomic E-state index is 0.171. The maximum atomic E-state index is 9.21. The number of hydrogen-bond acceptors (Lipinski definition) is 3. The molecule has 0 saturated heterocycles. The molecule has 1 heterocycles. The van der Waals surface area contributed by atoms with Crippen molar-refractivity contribution in [3.8, 4) is 6.07 Å². The van der Waals surface area contributed by atoms with Crippen LogP contribution in [-0.4, -0.2) is 4.98 Å². The minimum Gasteiger partial charge on any atom is -0.378 e. The van der Waals surface area contributed by atoms with Crippen LogP contribution < -0.4 is 5.32 Å². The molecule has 0 saturated carbocycles. The van der Waals surface area contributed by atoms with Crippen LogP contribution in [0.5, 0.6) is 0 Å². The van der Waals surface area contributed by atoms with Crippen molar-refractivity contribution in [2.75, 3.05) is 5.32 Å². The van der Waals surface area contributed by atoms with Gasteiger partial charge in [-0.1, -0.05) is 24.3 Å². The number of nitrogens with zero attached hydrogens (tertiary/aromatic N) is 2. The summed E-state index contributed by atoms with van der Waals surface area (Å²) in [5.74, 6) is 0. The highest BCUT2D eigenvalue weighted by atomic mass is 14.9. The van der Waals surface area contributed by atoms with Gasteiger partial charge in [0.25, 0.3) is 0 Å². The average molecular weight is 273 g/mol. The van der Waals surface area contributed by atoms with Crippen molar-refractivity contribution in [2.45, 2.75) is 13.0 Å². The average Bonchev–Trinajstić information content (AvgIpc) is 2.56. The molecule has 3 heteroatoms. The zero-order chi connectivity index (χ0) is 14.7.